The highest BCUT2D eigenvalue weighted by atomic mass is 19.1. The van der Waals surface area contributed by atoms with Crippen LogP contribution in [0.3, 0.4) is 0 Å². The summed E-state index contributed by atoms with van der Waals surface area (Å²) in [5.74, 6) is 0.469. The van der Waals surface area contributed by atoms with Crippen LogP contribution >= 0.6 is 0 Å². The third-order valence-electron chi connectivity index (χ3n) is 5.38. The summed E-state index contributed by atoms with van der Waals surface area (Å²) >= 11 is 0. The van der Waals surface area contributed by atoms with E-state index in [0.29, 0.717) is 17.9 Å². The lowest BCUT2D eigenvalue weighted by Gasteiger charge is -2.32. The van der Waals surface area contributed by atoms with Crippen LogP contribution in [-0.4, -0.2) is 35.3 Å². The molecule has 0 aliphatic carbocycles. The average molecular weight is 383 g/mol. The molecular formula is C22H23F2N3O. The number of nitrogens with one attached hydrogen (secondary N) is 1. The van der Waals surface area contributed by atoms with Crippen molar-refractivity contribution in [2.45, 2.75) is 25.3 Å². The van der Waals surface area contributed by atoms with E-state index in [1.807, 2.05) is 0 Å². The Morgan fingerprint density at radius 3 is 2.79 bits per heavy atom. The van der Waals surface area contributed by atoms with Gasteiger partial charge in [-0.05, 0) is 55.3 Å². The lowest BCUT2D eigenvalue weighted by Crippen LogP contribution is -2.34. The molecule has 146 valence electrons. The highest BCUT2D eigenvalue weighted by Gasteiger charge is 2.25. The molecule has 0 spiro atoms. The van der Waals surface area contributed by atoms with Gasteiger partial charge >= 0.3 is 0 Å². The largest absolute Gasteiger partial charge is 0.497 e. The molecule has 2 aromatic carbocycles. The number of likely N-dealkylation sites (tertiary alicyclic amines) is 1. The molecule has 0 saturated carbocycles. The molecule has 28 heavy (non-hydrogen) atoms. The minimum atomic E-state index is -0.252. The number of nitrogens with zero attached hydrogens (tertiary/aromatic N) is 2. The smallest absolute Gasteiger partial charge is 0.127 e. The predicted molar refractivity (Wildman–Crippen MR) is 104 cm³/mol. The van der Waals surface area contributed by atoms with Crippen molar-refractivity contribution < 1.29 is 13.5 Å². The Morgan fingerprint density at radius 2 is 2.00 bits per heavy atom. The maximum Gasteiger partial charge on any atom is 0.127 e. The first-order valence-corrected chi connectivity index (χ1v) is 9.48. The summed E-state index contributed by atoms with van der Waals surface area (Å²) in [6.45, 7) is 2.28. The Kier molecular flexibility index (Phi) is 5.39. The second kappa shape index (κ2) is 8.10. The van der Waals surface area contributed by atoms with Crippen LogP contribution in [-0.2, 0) is 6.54 Å². The van der Waals surface area contributed by atoms with Crippen molar-refractivity contribution in [2.24, 2.45) is 0 Å². The molecule has 1 aliphatic heterocycles. The van der Waals surface area contributed by atoms with Gasteiger partial charge in [0.25, 0.3) is 0 Å². The normalized spacial score (nSPS) is 17.6. The first-order valence-electron chi connectivity index (χ1n) is 9.48. The molecule has 0 amide bonds. The first-order chi connectivity index (χ1) is 13.6. The molecule has 4 rings (SSSR count). The van der Waals surface area contributed by atoms with Crippen molar-refractivity contribution in [3.05, 3.63) is 71.6 Å². The Morgan fingerprint density at radius 1 is 1.18 bits per heavy atom. The van der Waals surface area contributed by atoms with Gasteiger partial charge in [-0.25, -0.2) is 8.78 Å². The molecule has 0 unspecified atom stereocenters. The van der Waals surface area contributed by atoms with E-state index in [2.05, 4.69) is 15.1 Å². The van der Waals surface area contributed by atoms with Gasteiger partial charge in [0.2, 0.25) is 0 Å². The lowest BCUT2D eigenvalue weighted by atomic mass is 9.90. The van der Waals surface area contributed by atoms with Crippen LogP contribution in [0, 0.1) is 11.6 Å². The fraction of sp³-hybridized carbons (Fsp3) is 0.318. The van der Waals surface area contributed by atoms with Gasteiger partial charge in [-0.15, -0.1) is 0 Å². The van der Waals surface area contributed by atoms with Crippen molar-refractivity contribution in [1.29, 1.82) is 0 Å². The van der Waals surface area contributed by atoms with E-state index in [0.717, 1.165) is 42.8 Å². The van der Waals surface area contributed by atoms with Crippen molar-refractivity contribution in [1.82, 2.24) is 15.1 Å². The maximum atomic E-state index is 14.2. The van der Waals surface area contributed by atoms with Crippen LogP contribution in [0.5, 0.6) is 5.75 Å². The monoisotopic (exact) mass is 383 g/mol. The molecule has 1 aliphatic rings. The van der Waals surface area contributed by atoms with Gasteiger partial charge in [0.1, 0.15) is 17.4 Å². The number of methoxy groups -OCH3 is 1. The third-order valence-corrected chi connectivity index (χ3v) is 5.38. The fourth-order valence-electron chi connectivity index (χ4n) is 3.94. The first kappa shape index (κ1) is 18.6. The van der Waals surface area contributed by atoms with Gasteiger partial charge in [-0.1, -0.05) is 12.1 Å². The standard InChI is InChI=1S/C22H23F2N3O/c1-28-19-8-9-21(24)17(11-19)14-27-10-2-3-16(13-27)22-20(12-25-26-22)15-4-6-18(23)7-5-15/h4-9,11-12,16H,2-3,10,13-14H2,1H3,(H,25,26)/t16-/m0/s1. The number of H-pyrrole nitrogens is 1. The zero-order valence-corrected chi connectivity index (χ0v) is 15.8. The Balaban J connectivity index is 1.52. The molecule has 6 heteroatoms. The number of hydrogen-bond acceptors (Lipinski definition) is 3. The maximum absolute atomic E-state index is 14.2. The number of ether oxygens (including phenoxy) is 1. The molecule has 4 nitrogen and oxygen atoms in total. The fourth-order valence-corrected chi connectivity index (χ4v) is 3.94. The molecule has 1 atom stereocenters. The summed E-state index contributed by atoms with van der Waals surface area (Å²) in [4.78, 5) is 2.27. The number of halogens is 2. The number of benzene rings is 2. The van der Waals surface area contributed by atoms with Crippen molar-refractivity contribution in [2.75, 3.05) is 20.2 Å². The number of piperidine rings is 1. The molecule has 1 fully saturated rings. The number of rotatable bonds is 5. The van der Waals surface area contributed by atoms with Crippen molar-refractivity contribution in [3.63, 3.8) is 0 Å². The van der Waals surface area contributed by atoms with Crippen LogP contribution in [0.15, 0.2) is 48.7 Å². The van der Waals surface area contributed by atoms with E-state index in [4.69, 9.17) is 4.74 Å². The Bertz CT molecular complexity index is 939. The van der Waals surface area contributed by atoms with E-state index >= 15 is 0 Å². The molecule has 3 aromatic rings. The van der Waals surface area contributed by atoms with Crippen LogP contribution in [0.25, 0.3) is 11.1 Å². The number of aromatic nitrogens is 2. The van der Waals surface area contributed by atoms with Gasteiger partial charge in [0.05, 0.1) is 13.3 Å². The van der Waals surface area contributed by atoms with Gasteiger partial charge in [-0.3, -0.25) is 10.00 Å². The minimum absolute atomic E-state index is 0.212. The topological polar surface area (TPSA) is 41.1 Å². The Labute approximate surface area is 163 Å². The summed E-state index contributed by atoms with van der Waals surface area (Å²) < 4.78 is 32.7. The molecule has 0 bridgehead atoms. The van der Waals surface area contributed by atoms with Gasteiger partial charge < -0.3 is 4.74 Å². The summed E-state index contributed by atoms with van der Waals surface area (Å²) in [7, 11) is 1.59. The number of aromatic amines is 1. The zero-order valence-electron chi connectivity index (χ0n) is 15.8. The quantitative estimate of drug-likeness (QED) is 0.692. The summed E-state index contributed by atoms with van der Waals surface area (Å²) in [6, 6.07) is 11.3. The highest BCUT2D eigenvalue weighted by molar-refractivity contribution is 5.65. The number of hydrogen-bond donors (Lipinski definition) is 1. The van der Waals surface area contributed by atoms with E-state index in [1.54, 1.807) is 37.6 Å². The molecule has 1 N–H and O–H groups in total. The van der Waals surface area contributed by atoms with E-state index in [9.17, 15) is 8.78 Å². The van der Waals surface area contributed by atoms with Crippen LogP contribution < -0.4 is 4.74 Å². The molecule has 1 aromatic heterocycles. The second-order valence-corrected chi connectivity index (χ2v) is 7.24. The molecular weight excluding hydrogens is 360 g/mol. The molecule has 0 radical (unpaired) electrons. The second-order valence-electron chi connectivity index (χ2n) is 7.24. The third kappa shape index (κ3) is 3.92. The van der Waals surface area contributed by atoms with Crippen molar-refractivity contribution >= 4 is 0 Å². The Hall–Kier alpha value is -2.73. The molecule has 2 heterocycles. The average Bonchev–Trinajstić information content (AvgIpc) is 3.20. The zero-order chi connectivity index (χ0) is 19.5. The van der Waals surface area contributed by atoms with Gasteiger partial charge in [0.15, 0.2) is 0 Å². The van der Waals surface area contributed by atoms with Crippen LogP contribution in [0.1, 0.15) is 30.0 Å². The SMILES string of the molecule is COc1ccc(F)c(CN2CCC[C@H](c3[nH]ncc3-c3ccc(F)cc3)C2)c1. The molecule has 1 saturated heterocycles. The van der Waals surface area contributed by atoms with Gasteiger partial charge in [0, 0.05) is 35.8 Å². The predicted octanol–water partition coefficient (Wildman–Crippen LogP) is 4.74. The lowest BCUT2D eigenvalue weighted by molar-refractivity contribution is 0.196. The van der Waals surface area contributed by atoms with Crippen LogP contribution in [0.2, 0.25) is 0 Å². The minimum Gasteiger partial charge on any atom is -0.497 e. The van der Waals surface area contributed by atoms with E-state index < -0.39 is 0 Å². The van der Waals surface area contributed by atoms with E-state index in [-0.39, 0.29) is 17.6 Å². The summed E-state index contributed by atoms with van der Waals surface area (Å²) in [5, 5.41) is 7.37. The van der Waals surface area contributed by atoms with E-state index in [1.165, 1.54) is 18.2 Å². The highest BCUT2D eigenvalue weighted by Crippen LogP contribution is 2.33. The summed E-state index contributed by atoms with van der Waals surface area (Å²) in [6.07, 6.45) is 3.86. The summed E-state index contributed by atoms with van der Waals surface area (Å²) in [5.41, 5.74) is 3.64. The van der Waals surface area contributed by atoms with Gasteiger partial charge in [-0.2, -0.15) is 5.10 Å². The van der Waals surface area contributed by atoms with Crippen LogP contribution in [0.4, 0.5) is 8.78 Å². The van der Waals surface area contributed by atoms with Crippen molar-refractivity contribution in [3.8, 4) is 16.9 Å².